The average molecular weight is 443 g/mol. The van der Waals surface area contributed by atoms with Crippen molar-refractivity contribution >= 4 is 17.6 Å². The number of nitrogens with zero attached hydrogens (tertiary/aromatic N) is 3. The SMILES string of the molecule is CCc1ccc(Nc2ncnc(O[C@H]3CC4CCC3N4C(=O)OC(C)(C)C)c2C)c(F)c1. The number of halogens is 1. The van der Waals surface area contributed by atoms with E-state index >= 15 is 0 Å². The number of rotatable bonds is 5. The second-order valence-corrected chi connectivity index (χ2v) is 9.52. The van der Waals surface area contributed by atoms with Crippen LogP contribution in [0.3, 0.4) is 0 Å². The number of nitrogens with one attached hydrogen (secondary N) is 1. The van der Waals surface area contributed by atoms with Crippen molar-refractivity contribution in [2.45, 2.75) is 84.1 Å². The first-order valence-electron chi connectivity index (χ1n) is 11.2. The largest absolute Gasteiger partial charge is 0.472 e. The summed E-state index contributed by atoms with van der Waals surface area (Å²) in [7, 11) is 0. The molecule has 0 spiro atoms. The molecule has 1 aromatic heterocycles. The number of ether oxygens (including phenoxy) is 2. The van der Waals surface area contributed by atoms with E-state index in [-0.39, 0.29) is 30.1 Å². The third-order valence-corrected chi connectivity index (χ3v) is 6.08. The quantitative estimate of drug-likeness (QED) is 0.690. The van der Waals surface area contributed by atoms with Crippen molar-refractivity contribution in [2.75, 3.05) is 5.32 Å². The Morgan fingerprint density at radius 3 is 2.75 bits per heavy atom. The zero-order chi connectivity index (χ0) is 23.0. The lowest BCUT2D eigenvalue weighted by Gasteiger charge is -2.28. The van der Waals surface area contributed by atoms with Crippen molar-refractivity contribution in [3.8, 4) is 5.88 Å². The molecule has 2 unspecified atom stereocenters. The van der Waals surface area contributed by atoms with E-state index in [9.17, 15) is 9.18 Å². The number of fused-ring (bicyclic) bond motifs is 2. The van der Waals surface area contributed by atoms with E-state index in [1.54, 1.807) is 6.07 Å². The molecule has 2 saturated heterocycles. The van der Waals surface area contributed by atoms with Crippen LogP contribution in [-0.4, -0.2) is 44.7 Å². The number of hydrogen-bond donors (Lipinski definition) is 1. The standard InChI is InChI=1S/C24H31FN4O3/c1-6-15-7-9-18(17(25)11-15)28-21-14(2)22(27-13-26-21)31-20-12-16-8-10-19(20)29(16)23(30)32-24(3,4)5/h7,9,11,13,16,19-20H,6,8,10,12H2,1-5H3,(H,26,27,28)/t16?,19?,20-/m0/s1. The number of carbonyl (C=O) groups is 1. The average Bonchev–Trinajstić information content (AvgIpc) is 3.29. The maximum Gasteiger partial charge on any atom is 0.410 e. The lowest BCUT2D eigenvalue weighted by atomic mass is 9.98. The van der Waals surface area contributed by atoms with Crippen LogP contribution in [0.15, 0.2) is 24.5 Å². The molecule has 0 aliphatic carbocycles. The Morgan fingerprint density at radius 1 is 1.28 bits per heavy atom. The van der Waals surface area contributed by atoms with Crippen LogP contribution in [0.4, 0.5) is 20.7 Å². The van der Waals surface area contributed by atoms with Crippen molar-refractivity contribution < 1.29 is 18.7 Å². The maximum absolute atomic E-state index is 14.4. The van der Waals surface area contributed by atoms with Gasteiger partial charge in [0.2, 0.25) is 5.88 Å². The minimum absolute atomic E-state index is 0.0420. The third kappa shape index (κ3) is 4.49. The van der Waals surface area contributed by atoms with Crippen LogP contribution in [0.25, 0.3) is 0 Å². The number of aromatic nitrogens is 2. The van der Waals surface area contributed by atoms with Crippen molar-refractivity contribution in [3.05, 3.63) is 41.5 Å². The Labute approximate surface area is 188 Å². The Hall–Kier alpha value is -2.90. The second kappa shape index (κ2) is 8.56. The second-order valence-electron chi connectivity index (χ2n) is 9.52. The molecule has 2 aliphatic rings. The van der Waals surface area contributed by atoms with Gasteiger partial charge in [0.25, 0.3) is 0 Å². The van der Waals surface area contributed by atoms with Crippen LogP contribution in [0.5, 0.6) is 5.88 Å². The first-order valence-corrected chi connectivity index (χ1v) is 11.2. The molecule has 32 heavy (non-hydrogen) atoms. The number of carbonyl (C=O) groups excluding carboxylic acids is 1. The van der Waals surface area contributed by atoms with Gasteiger partial charge in [-0.1, -0.05) is 13.0 Å². The first-order chi connectivity index (χ1) is 15.2. The van der Waals surface area contributed by atoms with Gasteiger partial charge in [0, 0.05) is 12.5 Å². The van der Waals surface area contributed by atoms with Gasteiger partial charge in [0.15, 0.2) is 0 Å². The summed E-state index contributed by atoms with van der Waals surface area (Å²) < 4.78 is 26.3. The van der Waals surface area contributed by atoms with Crippen molar-refractivity contribution in [2.24, 2.45) is 0 Å². The van der Waals surface area contributed by atoms with Gasteiger partial charge in [-0.3, -0.25) is 4.90 Å². The lowest BCUT2D eigenvalue weighted by molar-refractivity contribution is 0.0180. The number of aryl methyl sites for hydroxylation is 1. The highest BCUT2D eigenvalue weighted by atomic mass is 19.1. The normalized spacial score (nSPS) is 22.2. The molecule has 4 rings (SSSR count). The van der Waals surface area contributed by atoms with Crippen LogP contribution in [0.1, 0.15) is 58.1 Å². The van der Waals surface area contributed by atoms with Gasteiger partial charge in [-0.25, -0.2) is 19.2 Å². The molecule has 2 aliphatic heterocycles. The van der Waals surface area contributed by atoms with Crippen LogP contribution in [0, 0.1) is 12.7 Å². The predicted octanol–water partition coefficient (Wildman–Crippen LogP) is 5.15. The topological polar surface area (TPSA) is 76.6 Å². The van der Waals surface area contributed by atoms with Gasteiger partial charge >= 0.3 is 6.09 Å². The molecule has 0 radical (unpaired) electrons. The van der Waals surface area contributed by atoms with E-state index in [0.717, 1.165) is 31.2 Å². The summed E-state index contributed by atoms with van der Waals surface area (Å²) in [4.78, 5) is 23.1. The molecule has 3 atom stereocenters. The van der Waals surface area contributed by atoms with E-state index in [1.165, 1.54) is 12.4 Å². The van der Waals surface area contributed by atoms with E-state index in [2.05, 4.69) is 15.3 Å². The molecule has 3 heterocycles. The zero-order valence-electron chi connectivity index (χ0n) is 19.3. The summed E-state index contributed by atoms with van der Waals surface area (Å²) in [5, 5.41) is 3.05. The molecular weight excluding hydrogens is 411 g/mol. The fourth-order valence-electron chi connectivity index (χ4n) is 4.49. The molecule has 1 N–H and O–H groups in total. The van der Waals surface area contributed by atoms with Crippen molar-refractivity contribution in [1.82, 2.24) is 14.9 Å². The maximum atomic E-state index is 14.4. The van der Waals surface area contributed by atoms with E-state index in [1.807, 2.05) is 45.6 Å². The summed E-state index contributed by atoms with van der Waals surface area (Å²) in [5.74, 6) is 0.603. The summed E-state index contributed by atoms with van der Waals surface area (Å²) in [5.41, 5.74) is 1.44. The monoisotopic (exact) mass is 442 g/mol. The number of hydrogen-bond acceptors (Lipinski definition) is 6. The Balaban J connectivity index is 1.48. The van der Waals surface area contributed by atoms with E-state index in [0.29, 0.717) is 22.9 Å². The van der Waals surface area contributed by atoms with Gasteiger partial charge in [-0.05, 0) is 64.7 Å². The molecule has 172 valence electrons. The lowest BCUT2D eigenvalue weighted by Crippen LogP contribution is -2.42. The van der Waals surface area contributed by atoms with Gasteiger partial charge < -0.3 is 14.8 Å². The Bertz CT molecular complexity index is 1010. The highest BCUT2D eigenvalue weighted by Gasteiger charge is 2.51. The van der Waals surface area contributed by atoms with Gasteiger partial charge in [0.05, 0.1) is 17.3 Å². The highest BCUT2D eigenvalue weighted by molar-refractivity contribution is 5.70. The van der Waals surface area contributed by atoms with Gasteiger partial charge in [0.1, 0.15) is 29.7 Å². The molecule has 7 nitrogen and oxygen atoms in total. The fraction of sp³-hybridized carbons (Fsp3) is 0.542. The molecular formula is C24H31FN4O3. The van der Waals surface area contributed by atoms with Gasteiger partial charge in [-0.2, -0.15) is 0 Å². The molecule has 2 fully saturated rings. The van der Waals surface area contributed by atoms with Crippen molar-refractivity contribution in [1.29, 1.82) is 0 Å². The van der Waals surface area contributed by atoms with Crippen LogP contribution >= 0.6 is 0 Å². The molecule has 1 aromatic carbocycles. The van der Waals surface area contributed by atoms with Crippen molar-refractivity contribution in [3.63, 3.8) is 0 Å². The van der Waals surface area contributed by atoms with Crippen LogP contribution < -0.4 is 10.1 Å². The number of benzene rings is 1. The molecule has 8 heteroatoms. The highest BCUT2D eigenvalue weighted by Crippen LogP contribution is 2.41. The molecule has 2 bridgehead atoms. The predicted molar refractivity (Wildman–Crippen MR) is 120 cm³/mol. The van der Waals surface area contributed by atoms with Crippen LogP contribution in [0.2, 0.25) is 0 Å². The molecule has 2 aromatic rings. The summed E-state index contributed by atoms with van der Waals surface area (Å²) in [6.07, 6.45) is 4.29. The molecule has 1 amide bonds. The fourth-order valence-corrected chi connectivity index (χ4v) is 4.49. The summed E-state index contributed by atoms with van der Waals surface area (Å²) in [6.45, 7) is 9.44. The van der Waals surface area contributed by atoms with E-state index < -0.39 is 5.60 Å². The van der Waals surface area contributed by atoms with Crippen LogP contribution in [-0.2, 0) is 11.2 Å². The number of anilines is 2. The Kier molecular flexibility index (Phi) is 5.97. The molecule has 0 saturated carbocycles. The zero-order valence-corrected chi connectivity index (χ0v) is 19.3. The van der Waals surface area contributed by atoms with E-state index in [4.69, 9.17) is 9.47 Å². The smallest absolute Gasteiger partial charge is 0.410 e. The minimum atomic E-state index is -0.538. The number of amides is 1. The first kappa shape index (κ1) is 22.3. The Morgan fingerprint density at radius 2 is 2.06 bits per heavy atom. The summed E-state index contributed by atoms with van der Waals surface area (Å²) in [6, 6.07) is 5.20. The third-order valence-electron chi connectivity index (χ3n) is 6.08. The summed E-state index contributed by atoms with van der Waals surface area (Å²) >= 11 is 0. The van der Waals surface area contributed by atoms with Gasteiger partial charge in [-0.15, -0.1) is 0 Å². The minimum Gasteiger partial charge on any atom is -0.472 e.